The van der Waals surface area contributed by atoms with Gasteiger partial charge in [-0.3, -0.25) is 4.79 Å². The van der Waals surface area contributed by atoms with E-state index in [0.717, 1.165) is 6.42 Å². The van der Waals surface area contributed by atoms with E-state index in [0.29, 0.717) is 34.7 Å². The average molecular weight is 355 g/mol. The molecule has 0 saturated carbocycles. The second kappa shape index (κ2) is 8.67. The van der Waals surface area contributed by atoms with Crippen molar-refractivity contribution in [2.45, 2.75) is 6.42 Å². The highest BCUT2D eigenvalue weighted by atomic mass is 35.5. The third-order valence-electron chi connectivity index (χ3n) is 2.93. The number of hydrogen-bond donors (Lipinski definition) is 2. The van der Waals surface area contributed by atoms with Crippen LogP contribution in [0.4, 0.5) is 11.5 Å². The van der Waals surface area contributed by atoms with E-state index >= 15 is 0 Å². The first-order valence-corrected chi connectivity index (χ1v) is 7.69. The van der Waals surface area contributed by atoms with Gasteiger partial charge in [-0.25, -0.2) is 0 Å². The number of nitrogens with zero attached hydrogens (tertiary/aromatic N) is 2. The SMILES string of the molecule is COCCCNc1ccc(C(=O)Nc2c(Cl)cccc2Cl)nn1. The summed E-state index contributed by atoms with van der Waals surface area (Å²) in [5.74, 6) is 0.159. The second-order valence-electron chi connectivity index (χ2n) is 4.63. The number of hydrogen-bond acceptors (Lipinski definition) is 5. The molecule has 0 spiro atoms. The van der Waals surface area contributed by atoms with Gasteiger partial charge in [0.15, 0.2) is 5.69 Å². The van der Waals surface area contributed by atoms with Crippen LogP contribution in [0.5, 0.6) is 0 Å². The second-order valence-corrected chi connectivity index (χ2v) is 5.44. The monoisotopic (exact) mass is 354 g/mol. The fourth-order valence-corrected chi connectivity index (χ4v) is 2.27. The Kier molecular flexibility index (Phi) is 6.58. The summed E-state index contributed by atoms with van der Waals surface area (Å²) >= 11 is 12.0. The lowest BCUT2D eigenvalue weighted by Crippen LogP contribution is -2.15. The molecule has 0 atom stereocenters. The number of carbonyl (C=O) groups excluding carboxylic acids is 1. The predicted molar refractivity (Wildman–Crippen MR) is 91.4 cm³/mol. The maximum atomic E-state index is 12.2. The molecule has 1 aromatic carbocycles. The minimum atomic E-state index is -0.432. The van der Waals surface area contributed by atoms with E-state index in [1.165, 1.54) is 0 Å². The quantitative estimate of drug-likeness (QED) is 0.744. The van der Waals surface area contributed by atoms with E-state index in [9.17, 15) is 4.79 Å². The van der Waals surface area contributed by atoms with Crippen molar-refractivity contribution in [3.05, 3.63) is 46.1 Å². The molecular weight excluding hydrogens is 339 g/mol. The summed E-state index contributed by atoms with van der Waals surface area (Å²) < 4.78 is 4.96. The van der Waals surface area contributed by atoms with Crippen LogP contribution in [0.3, 0.4) is 0 Å². The van der Waals surface area contributed by atoms with Crippen LogP contribution in [0.1, 0.15) is 16.9 Å². The largest absolute Gasteiger partial charge is 0.385 e. The van der Waals surface area contributed by atoms with Gasteiger partial charge in [0.05, 0.1) is 15.7 Å². The summed E-state index contributed by atoms with van der Waals surface area (Å²) in [6, 6.07) is 8.24. The molecule has 0 bridgehead atoms. The van der Waals surface area contributed by atoms with Gasteiger partial charge in [-0.15, -0.1) is 10.2 Å². The maximum Gasteiger partial charge on any atom is 0.276 e. The number of methoxy groups -OCH3 is 1. The molecule has 0 fully saturated rings. The molecule has 2 rings (SSSR count). The van der Waals surface area contributed by atoms with Crippen LogP contribution < -0.4 is 10.6 Å². The van der Waals surface area contributed by atoms with Crippen LogP contribution in [0.25, 0.3) is 0 Å². The first-order valence-electron chi connectivity index (χ1n) is 6.93. The van der Waals surface area contributed by atoms with Crippen LogP contribution in [0, 0.1) is 0 Å². The van der Waals surface area contributed by atoms with Gasteiger partial charge in [0.1, 0.15) is 5.82 Å². The van der Waals surface area contributed by atoms with E-state index in [-0.39, 0.29) is 5.69 Å². The van der Waals surface area contributed by atoms with Gasteiger partial charge in [-0.2, -0.15) is 0 Å². The number of amides is 1. The number of nitrogens with one attached hydrogen (secondary N) is 2. The molecular formula is C15H16Cl2N4O2. The Morgan fingerprint density at radius 3 is 2.52 bits per heavy atom. The Labute approximate surface area is 144 Å². The highest BCUT2D eigenvalue weighted by Gasteiger charge is 2.13. The third-order valence-corrected chi connectivity index (χ3v) is 3.56. The molecule has 0 saturated heterocycles. The highest BCUT2D eigenvalue weighted by molar-refractivity contribution is 6.39. The number of halogens is 2. The fraction of sp³-hybridized carbons (Fsp3) is 0.267. The Morgan fingerprint density at radius 2 is 1.91 bits per heavy atom. The number of aromatic nitrogens is 2. The van der Waals surface area contributed by atoms with Crippen molar-refractivity contribution < 1.29 is 9.53 Å². The van der Waals surface area contributed by atoms with E-state index < -0.39 is 5.91 Å². The summed E-state index contributed by atoms with van der Waals surface area (Å²) in [5, 5.41) is 14.3. The van der Waals surface area contributed by atoms with Crippen molar-refractivity contribution in [2.75, 3.05) is 30.9 Å². The number of carbonyl (C=O) groups is 1. The molecule has 6 nitrogen and oxygen atoms in total. The molecule has 23 heavy (non-hydrogen) atoms. The number of anilines is 2. The van der Waals surface area contributed by atoms with E-state index in [2.05, 4.69) is 20.8 Å². The number of rotatable bonds is 7. The van der Waals surface area contributed by atoms with Crippen molar-refractivity contribution in [3.8, 4) is 0 Å². The van der Waals surface area contributed by atoms with Gasteiger partial charge >= 0.3 is 0 Å². The lowest BCUT2D eigenvalue weighted by molar-refractivity contribution is 0.102. The van der Waals surface area contributed by atoms with Crippen molar-refractivity contribution in [1.29, 1.82) is 0 Å². The summed E-state index contributed by atoms with van der Waals surface area (Å²) in [7, 11) is 1.65. The van der Waals surface area contributed by atoms with Crippen LogP contribution in [0.2, 0.25) is 10.0 Å². The van der Waals surface area contributed by atoms with E-state index in [1.54, 1.807) is 37.4 Å². The Hall–Kier alpha value is -1.89. The molecule has 0 aliphatic rings. The fourth-order valence-electron chi connectivity index (χ4n) is 1.78. The molecule has 0 radical (unpaired) electrons. The molecule has 2 aromatic rings. The molecule has 2 N–H and O–H groups in total. The first-order chi connectivity index (χ1) is 11.1. The van der Waals surface area contributed by atoms with Gasteiger partial charge in [0, 0.05) is 20.3 Å². The van der Waals surface area contributed by atoms with Crippen molar-refractivity contribution in [1.82, 2.24) is 10.2 Å². The summed E-state index contributed by atoms with van der Waals surface area (Å²) in [4.78, 5) is 12.2. The Balaban J connectivity index is 1.97. The zero-order chi connectivity index (χ0) is 16.7. The third kappa shape index (κ3) is 5.06. The first kappa shape index (κ1) is 17.5. The molecule has 0 unspecified atom stereocenters. The number of ether oxygens (including phenoxy) is 1. The Morgan fingerprint density at radius 1 is 1.17 bits per heavy atom. The molecule has 0 aliphatic carbocycles. The predicted octanol–water partition coefficient (Wildman–Crippen LogP) is 3.48. The van der Waals surface area contributed by atoms with Crippen LogP contribution >= 0.6 is 23.2 Å². The van der Waals surface area contributed by atoms with Crippen molar-refractivity contribution in [2.24, 2.45) is 0 Å². The van der Waals surface area contributed by atoms with Crippen molar-refractivity contribution in [3.63, 3.8) is 0 Å². The summed E-state index contributed by atoms with van der Waals surface area (Å²) in [5.41, 5.74) is 0.521. The standard InChI is InChI=1S/C15H16Cl2N4O2/c1-23-9-3-8-18-13-7-6-12(20-21-13)15(22)19-14-10(16)4-2-5-11(14)17/h2,4-7H,3,8-9H2,1H3,(H,18,21)(H,19,22). The van der Waals surface area contributed by atoms with Crippen LogP contribution in [0.15, 0.2) is 30.3 Å². The minimum absolute atomic E-state index is 0.170. The van der Waals surface area contributed by atoms with E-state index in [4.69, 9.17) is 27.9 Å². The molecule has 1 aromatic heterocycles. The molecule has 0 aliphatic heterocycles. The average Bonchev–Trinajstić information content (AvgIpc) is 2.55. The minimum Gasteiger partial charge on any atom is -0.385 e. The molecule has 8 heteroatoms. The van der Waals surface area contributed by atoms with Gasteiger partial charge in [-0.1, -0.05) is 29.3 Å². The van der Waals surface area contributed by atoms with Crippen molar-refractivity contribution >= 4 is 40.6 Å². The normalized spacial score (nSPS) is 10.4. The lowest BCUT2D eigenvalue weighted by Gasteiger charge is -2.09. The Bertz CT molecular complexity index is 645. The summed E-state index contributed by atoms with van der Waals surface area (Å²) in [6.07, 6.45) is 0.853. The van der Waals surface area contributed by atoms with Gasteiger partial charge in [-0.05, 0) is 30.7 Å². The topological polar surface area (TPSA) is 76.1 Å². The maximum absolute atomic E-state index is 12.2. The van der Waals surface area contributed by atoms with Gasteiger partial charge < -0.3 is 15.4 Å². The number of benzene rings is 1. The molecule has 1 amide bonds. The van der Waals surface area contributed by atoms with Crippen LogP contribution in [-0.2, 0) is 4.74 Å². The van der Waals surface area contributed by atoms with Gasteiger partial charge in [0.25, 0.3) is 5.91 Å². The zero-order valence-corrected chi connectivity index (χ0v) is 14.0. The van der Waals surface area contributed by atoms with Crippen LogP contribution in [-0.4, -0.2) is 36.4 Å². The van der Waals surface area contributed by atoms with E-state index in [1.807, 2.05) is 0 Å². The smallest absolute Gasteiger partial charge is 0.276 e. The zero-order valence-electron chi connectivity index (χ0n) is 12.5. The number of para-hydroxylation sites is 1. The molecule has 1 heterocycles. The summed E-state index contributed by atoms with van der Waals surface area (Å²) in [6.45, 7) is 1.38. The lowest BCUT2D eigenvalue weighted by atomic mass is 10.3. The highest BCUT2D eigenvalue weighted by Crippen LogP contribution is 2.30. The molecule has 122 valence electrons. The van der Waals surface area contributed by atoms with Gasteiger partial charge in [0.2, 0.25) is 0 Å².